The standard InChI is InChI=1S/C36H47N9O5/c1-6-49-30-10-8-9-27(23-30)25-45-34-31(24-39-45)33(37-26-38-34)42-18-20-43(21-19-42)35(47)28-11-13-29(14-12-28)44(22-17-40(3)4)32(46)15-16-41(5)36(48)50-7-2/h8-14,23-24,26H,6-7,15-22,25H2,1-5H3. The van der Waals surface area contributed by atoms with Crippen molar-refractivity contribution in [3.8, 4) is 5.75 Å². The summed E-state index contributed by atoms with van der Waals surface area (Å²) >= 11 is 0. The Morgan fingerprint density at radius 2 is 1.64 bits per heavy atom. The molecule has 4 aromatic rings. The van der Waals surface area contributed by atoms with Gasteiger partial charge in [0.2, 0.25) is 5.91 Å². The van der Waals surface area contributed by atoms with Crippen LogP contribution in [-0.4, -0.2) is 133 Å². The lowest BCUT2D eigenvalue weighted by Gasteiger charge is -2.35. The second kappa shape index (κ2) is 16.9. The number of hydrogen-bond donors (Lipinski definition) is 0. The largest absolute Gasteiger partial charge is 0.494 e. The number of hydrogen-bond acceptors (Lipinski definition) is 10. The summed E-state index contributed by atoms with van der Waals surface area (Å²) in [6.45, 7) is 8.81. The molecule has 266 valence electrons. The number of ether oxygens (including phenoxy) is 2. The van der Waals surface area contributed by atoms with E-state index in [1.54, 1.807) is 43.5 Å². The van der Waals surface area contributed by atoms with Gasteiger partial charge in [-0.05, 0) is 69.9 Å². The van der Waals surface area contributed by atoms with Crippen molar-refractivity contribution in [2.45, 2.75) is 26.8 Å². The van der Waals surface area contributed by atoms with Gasteiger partial charge in [0, 0.05) is 70.5 Å². The van der Waals surface area contributed by atoms with Gasteiger partial charge in [-0.1, -0.05) is 12.1 Å². The van der Waals surface area contributed by atoms with Crippen molar-refractivity contribution >= 4 is 40.4 Å². The Labute approximate surface area is 293 Å². The molecule has 1 aliphatic heterocycles. The molecule has 1 saturated heterocycles. The average molecular weight is 686 g/mol. The van der Waals surface area contributed by atoms with Crippen LogP contribution in [-0.2, 0) is 16.1 Å². The highest BCUT2D eigenvalue weighted by Gasteiger charge is 2.26. The van der Waals surface area contributed by atoms with Gasteiger partial charge in [-0.25, -0.2) is 19.4 Å². The first kappa shape index (κ1) is 36.1. The Kier molecular flexibility index (Phi) is 12.2. The Morgan fingerprint density at radius 1 is 0.880 bits per heavy atom. The lowest BCUT2D eigenvalue weighted by Crippen LogP contribution is -2.49. The Bertz CT molecular complexity index is 1750. The summed E-state index contributed by atoms with van der Waals surface area (Å²) < 4.78 is 12.5. The maximum absolute atomic E-state index is 13.5. The third-order valence-electron chi connectivity index (χ3n) is 8.56. The van der Waals surface area contributed by atoms with Crippen LogP contribution in [0.15, 0.2) is 61.1 Å². The minimum atomic E-state index is -0.457. The van der Waals surface area contributed by atoms with Gasteiger partial charge in [-0.15, -0.1) is 0 Å². The number of likely N-dealkylation sites (N-methyl/N-ethyl adjacent to an activating group) is 1. The van der Waals surface area contributed by atoms with E-state index in [-0.39, 0.29) is 31.4 Å². The Balaban J connectivity index is 1.21. The Morgan fingerprint density at radius 3 is 2.34 bits per heavy atom. The number of anilines is 2. The average Bonchev–Trinajstić information content (AvgIpc) is 3.53. The maximum atomic E-state index is 13.5. The van der Waals surface area contributed by atoms with Gasteiger partial charge in [0.1, 0.15) is 17.9 Å². The van der Waals surface area contributed by atoms with Crippen LogP contribution < -0.4 is 14.5 Å². The van der Waals surface area contributed by atoms with Gasteiger partial charge in [0.05, 0.1) is 31.3 Å². The smallest absolute Gasteiger partial charge is 0.409 e. The van der Waals surface area contributed by atoms with Crippen LogP contribution in [0.4, 0.5) is 16.3 Å². The summed E-state index contributed by atoms with van der Waals surface area (Å²) in [6.07, 6.45) is 3.06. The van der Waals surface area contributed by atoms with Gasteiger partial charge in [-0.3, -0.25) is 9.59 Å². The maximum Gasteiger partial charge on any atom is 0.409 e. The van der Waals surface area contributed by atoms with E-state index in [4.69, 9.17) is 9.47 Å². The number of carbonyl (C=O) groups is 3. The number of rotatable bonds is 14. The molecule has 0 saturated carbocycles. The van der Waals surface area contributed by atoms with Gasteiger partial charge in [-0.2, -0.15) is 5.10 Å². The molecule has 14 heteroatoms. The second-order valence-corrected chi connectivity index (χ2v) is 12.4. The van der Waals surface area contributed by atoms with Gasteiger partial charge in [0.25, 0.3) is 5.91 Å². The molecule has 14 nitrogen and oxygen atoms in total. The van der Waals surface area contributed by atoms with Gasteiger partial charge >= 0.3 is 6.09 Å². The summed E-state index contributed by atoms with van der Waals surface area (Å²) in [5.74, 6) is 1.45. The van der Waals surface area contributed by atoms with Crippen molar-refractivity contribution in [1.82, 2.24) is 34.4 Å². The Hall–Kier alpha value is -5.24. The van der Waals surface area contributed by atoms with Crippen molar-refractivity contribution in [3.05, 3.63) is 72.2 Å². The van der Waals surface area contributed by atoms with Gasteiger partial charge < -0.3 is 34.0 Å². The van der Waals surface area contributed by atoms with Crippen molar-refractivity contribution in [3.63, 3.8) is 0 Å². The van der Waals surface area contributed by atoms with E-state index in [0.29, 0.717) is 63.7 Å². The first-order chi connectivity index (χ1) is 24.2. The quantitative estimate of drug-likeness (QED) is 0.194. The van der Waals surface area contributed by atoms with Gasteiger partial charge in [0.15, 0.2) is 5.65 Å². The SMILES string of the molecule is CCOC(=O)N(C)CCC(=O)N(CCN(C)C)c1ccc(C(=O)N2CCN(c3ncnc4c3cnn4Cc3cccc(OCC)c3)CC2)cc1. The summed E-state index contributed by atoms with van der Waals surface area (Å²) in [4.78, 5) is 57.1. The molecule has 50 heavy (non-hydrogen) atoms. The number of benzene rings is 2. The zero-order valence-corrected chi connectivity index (χ0v) is 29.6. The summed E-state index contributed by atoms with van der Waals surface area (Å²) in [5.41, 5.74) is 3.07. The number of nitrogens with zero attached hydrogens (tertiary/aromatic N) is 9. The second-order valence-electron chi connectivity index (χ2n) is 12.4. The first-order valence-corrected chi connectivity index (χ1v) is 17.0. The lowest BCUT2D eigenvalue weighted by molar-refractivity contribution is -0.118. The molecule has 1 aliphatic rings. The molecule has 0 radical (unpaired) electrons. The monoisotopic (exact) mass is 685 g/mol. The number of aromatic nitrogens is 4. The van der Waals surface area contributed by atoms with Crippen LogP contribution in [0.1, 0.15) is 36.2 Å². The molecule has 2 aromatic carbocycles. The van der Waals surface area contributed by atoms with Crippen LogP contribution in [0.25, 0.3) is 11.0 Å². The zero-order valence-electron chi connectivity index (χ0n) is 29.6. The van der Waals surface area contributed by atoms with E-state index < -0.39 is 6.09 Å². The molecule has 0 N–H and O–H groups in total. The molecular formula is C36H47N9O5. The number of fused-ring (bicyclic) bond motifs is 1. The fraction of sp³-hybridized carbons (Fsp3) is 0.444. The summed E-state index contributed by atoms with van der Waals surface area (Å²) in [6, 6.07) is 15.1. The molecule has 0 bridgehead atoms. The minimum absolute atomic E-state index is 0.0617. The summed E-state index contributed by atoms with van der Waals surface area (Å²) in [5, 5.41) is 5.49. The fourth-order valence-electron chi connectivity index (χ4n) is 5.83. The van der Waals surface area contributed by atoms with E-state index in [2.05, 4.69) is 20.0 Å². The third kappa shape index (κ3) is 8.86. The van der Waals surface area contributed by atoms with E-state index in [0.717, 1.165) is 28.2 Å². The molecule has 1 fully saturated rings. The molecule has 2 aromatic heterocycles. The van der Waals surface area contributed by atoms with Crippen molar-refractivity contribution < 1.29 is 23.9 Å². The third-order valence-corrected chi connectivity index (χ3v) is 8.56. The topological polar surface area (TPSA) is 129 Å². The van der Waals surface area contributed by atoms with E-state index >= 15 is 0 Å². The molecule has 0 atom stereocenters. The molecule has 3 heterocycles. The van der Waals surface area contributed by atoms with Crippen LogP contribution >= 0.6 is 0 Å². The predicted molar refractivity (Wildman–Crippen MR) is 192 cm³/mol. The predicted octanol–water partition coefficient (Wildman–Crippen LogP) is 3.61. The molecule has 5 rings (SSSR count). The number of amides is 3. The molecular weight excluding hydrogens is 638 g/mol. The van der Waals surface area contributed by atoms with Crippen LogP contribution in [0.5, 0.6) is 5.75 Å². The highest BCUT2D eigenvalue weighted by atomic mass is 16.6. The van der Waals surface area contributed by atoms with Crippen LogP contribution in [0.2, 0.25) is 0 Å². The molecule has 0 aliphatic carbocycles. The number of carbonyl (C=O) groups excluding carboxylic acids is 3. The minimum Gasteiger partial charge on any atom is -0.494 e. The zero-order chi connectivity index (χ0) is 35.6. The molecule has 3 amide bonds. The van der Waals surface area contributed by atoms with Crippen molar-refractivity contribution in [2.24, 2.45) is 0 Å². The van der Waals surface area contributed by atoms with Crippen molar-refractivity contribution in [2.75, 3.05) is 90.0 Å². The van der Waals surface area contributed by atoms with Crippen molar-refractivity contribution in [1.29, 1.82) is 0 Å². The fourth-order valence-corrected chi connectivity index (χ4v) is 5.83. The molecule has 0 unspecified atom stereocenters. The first-order valence-electron chi connectivity index (χ1n) is 17.0. The molecule has 0 spiro atoms. The highest BCUT2D eigenvalue weighted by Crippen LogP contribution is 2.26. The number of piperazine rings is 1. The lowest BCUT2D eigenvalue weighted by atomic mass is 10.1. The highest BCUT2D eigenvalue weighted by molar-refractivity contribution is 5.97. The summed E-state index contributed by atoms with van der Waals surface area (Å²) in [7, 11) is 5.51. The van der Waals surface area contributed by atoms with Crippen LogP contribution in [0.3, 0.4) is 0 Å². The van der Waals surface area contributed by atoms with E-state index in [9.17, 15) is 14.4 Å². The van der Waals surface area contributed by atoms with E-state index in [1.807, 2.05) is 71.9 Å². The normalized spacial score (nSPS) is 13.1. The van der Waals surface area contributed by atoms with E-state index in [1.165, 1.54) is 4.90 Å². The van der Waals surface area contributed by atoms with Crippen LogP contribution in [0, 0.1) is 0 Å².